The number of para-hydroxylation sites is 1. The highest BCUT2D eigenvalue weighted by atomic mass is 16.5. The van der Waals surface area contributed by atoms with Gasteiger partial charge in [-0.3, -0.25) is 4.79 Å². The third kappa shape index (κ3) is 11.3. The van der Waals surface area contributed by atoms with Gasteiger partial charge in [0.15, 0.2) is 5.82 Å². The summed E-state index contributed by atoms with van der Waals surface area (Å²) in [7, 11) is 0. The smallest absolute Gasteiger partial charge is 0.311 e. The summed E-state index contributed by atoms with van der Waals surface area (Å²) in [6.07, 6.45) is 19.4. The lowest BCUT2D eigenvalue weighted by Crippen LogP contribution is -2.09. The lowest BCUT2D eigenvalue weighted by Gasteiger charge is -2.11. The molecule has 1 aromatic carbocycles. The standard InChI is InChI=1S/C30H46N2O2/c1-4-6-7-8-9-10-11-12-13-19-26-23-24-31-30(32-26)27-20-15-16-21-28(27)34-29(33)22-17-14-18-25(3)5-2/h15-16,20-21,23-25H,4-14,17-19,22H2,1-3H3. The average molecular weight is 467 g/mol. The van der Waals surface area contributed by atoms with Gasteiger partial charge >= 0.3 is 5.97 Å². The number of esters is 1. The Morgan fingerprint density at radius 1 is 0.882 bits per heavy atom. The summed E-state index contributed by atoms with van der Waals surface area (Å²) in [6.45, 7) is 6.74. The van der Waals surface area contributed by atoms with Gasteiger partial charge in [0.05, 0.1) is 5.56 Å². The molecule has 0 aliphatic rings. The fraction of sp³-hybridized carbons (Fsp3) is 0.633. The first-order valence-corrected chi connectivity index (χ1v) is 13.8. The van der Waals surface area contributed by atoms with E-state index in [-0.39, 0.29) is 5.97 Å². The zero-order valence-electron chi connectivity index (χ0n) is 21.9. The van der Waals surface area contributed by atoms with Crippen LogP contribution in [0.3, 0.4) is 0 Å². The molecule has 1 unspecified atom stereocenters. The van der Waals surface area contributed by atoms with Gasteiger partial charge in [0.1, 0.15) is 5.75 Å². The van der Waals surface area contributed by atoms with E-state index >= 15 is 0 Å². The highest BCUT2D eigenvalue weighted by Gasteiger charge is 2.13. The van der Waals surface area contributed by atoms with Gasteiger partial charge in [-0.1, -0.05) is 104 Å². The van der Waals surface area contributed by atoms with Crippen LogP contribution in [0.15, 0.2) is 36.5 Å². The minimum atomic E-state index is -0.178. The molecule has 0 amide bonds. The number of hydrogen-bond acceptors (Lipinski definition) is 4. The molecule has 0 aliphatic heterocycles. The number of carbonyl (C=O) groups excluding carboxylic acids is 1. The number of aromatic nitrogens is 2. The Bertz CT molecular complexity index is 821. The van der Waals surface area contributed by atoms with Gasteiger partial charge in [0.25, 0.3) is 0 Å². The summed E-state index contributed by atoms with van der Waals surface area (Å²) in [6, 6.07) is 9.60. The van der Waals surface area contributed by atoms with E-state index in [1.54, 1.807) is 0 Å². The molecule has 1 heterocycles. The number of carbonyl (C=O) groups is 1. The molecule has 4 heteroatoms. The van der Waals surface area contributed by atoms with Crippen LogP contribution < -0.4 is 4.74 Å². The van der Waals surface area contributed by atoms with Crippen molar-refractivity contribution in [3.63, 3.8) is 0 Å². The van der Waals surface area contributed by atoms with Gasteiger partial charge in [-0.05, 0) is 43.4 Å². The fourth-order valence-electron chi connectivity index (χ4n) is 4.16. The van der Waals surface area contributed by atoms with Crippen molar-refractivity contribution in [1.29, 1.82) is 0 Å². The van der Waals surface area contributed by atoms with E-state index < -0.39 is 0 Å². The van der Waals surface area contributed by atoms with Crippen LogP contribution in [0.2, 0.25) is 0 Å². The minimum absolute atomic E-state index is 0.178. The van der Waals surface area contributed by atoms with Crippen LogP contribution in [0.4, 0.5) is 0 Å². The number of aryl methyl sites for hydroxylation is 1. The second-order valence-corrected chi connectivity index (χ2v) is 9.68. The third-order valence-corrected chi connectivity index (χ3v) is 6.63. The Hall–Kier alpha value is -2.23. The molecule has 0 fully saturated rings. The van der Waals surface area contributed by atoms with E-state index in [1.165, 1.54) is 64.2 Å². The van der Waals surface area contributed by atoms with E-state index in [0.717, 1.165) is 42.9 Å². The van der Waals surface area contributed by atoms with Crippen molar-refractivity contribution in [2.24, 2.45) is 5.92 Å². The number of unbranched alkanes of at least 4 members (excludes halogenated alkanes) is 9. The van der Waals surface area contributed by atoms with E-state index in [9.17, 15) is 4.79 Å². The van der Waals surface area contributed by atoms with Gasteiger partial charge in [0.2, 0.25) is 0 Å². The minimum Gasteiger partial charge on any atom is -0.426 e. The van der Waals surface area contributed by atoms with Crippen LogP contribution >= 0.6 is 0 Å². The molecule has 0 saturated heterocycles. The summed E-state index contributed by atoms with van der Waals surface area (Å²) in [5.74, 6) is 1.72. The van der Waals surface area contributed by atoms with E-state index in [0.29, 0.717) is 18.0 Å². The zero-order chi connectivity index (χ0) is 24.4. The second kappa shape index (κ2) is 17.2. The Morgan fingerprint density at radius 2 is 1.59 bits per heavy atom. The van der Waals surface area contributed by atoms with Gasteiger partial charge in [0, 0.05) is 18.3 Å². The molecule has 0 bridgehead atoms. The molecule has 34 heavy (non-hydrogen) atoms. The summed E-state index contributed by atoms with van der Waals surface area (Å²) in [4.78, 5) is 21.7. The summed E-state index contributed by atoms with van der Waals surface area (Å²) in [5, 5.41) is 0. The predicted molar refractivity (Wildman–Crippen MR) is 142 cm³/mol. The van der Waals surface area contributed by atoms with Gasteiger partial charge in [-0.25, -0.2) is 9.97 Å². The largest absolute Gasteiger partial charge is 0.426 e. The van der Waals surface area contributed by atoms with Crippen LogP contribution in [-0.4, -0.2) is 15.9 Å². The van der Waals surface area contributed by atoms with Crippen molar-refractivity contribution in [3.8, 4) is 17.1 Å². The SMILES string of the molecule is CCCCCCCCCCCc1ccnc(-c2ccccc2OC(=O)CCCCC(C)CC)n1. The van der Waals surface area contributed by atoms with Crippen molar-refractivity contribution in [3.05, 3.63) is 42.2 Å². The first kappa shape index (κ1) is 28.0. The maximum absolute atomic E-state index is 12.4. The monoisotopic (exact) mass is 466 g/mol. The zero-order valence-corrected chi connectivity index (χ0v) is 21.9. The van der Waals surface area contributed by atoms with Gasteiger partial charge in [-0.2, -0.15) is 0 Å². The molecule has 2 rings (SSSR count). The molecule has 1 aromatic heterocycles. The molecule has 1 atom stereocenters. The lowest BCUT2D eigenvalue weighted by atomic mass is 10.0. The second-order valence-electron chi connectivity index (χ2n) is 9.68. The molecule has 0 radical (unpaired) electrons. The molecule has 0 saturated carbocycles. The van der Waals surface area contributed by atoms with Crippen LogP contribution in [0.25, 0.3) is 11.4 Å². The Balaban J connectivity index is 1.81. The van der Waals surface area contributed by atoms with Gasteiger partial charge in [-0.15, -0.1) is 0 Å². The number of benzene rings is 1. The van der Waals surface area contributed by atoms with Crippen LogP contribution in [0.5, 0.6) is 5.75 Å². The van der Waals surface area contributed by atoms with E-state index in [2.05, 4.69) is 25.8 Å². The van der Waals surface area contributed by atoms with Crippen molar-refractivity contribution in [2.75, 3.05) is 0 Å². The number of hydrogen-bond donors (Lipinski definition) is 0. The summed E-state index contributed by atoms with van der Waals surface area (Å²) in [5.41, 5.74) is 1.84. The molecule has 4 nitrogen and oxygen atoms in total. The molecule has 0 N–H and O–H groups in total. The van der Waals surface area contributed by atoms with Crippen molar-refractivity contribution in [2.45, 2.75) is 117 Å². The number of rotatable bonds is 18. The number of ether oxygens (including phenoxy) is 1. The molecule has 0 aliphatic carbocycles. The first-order chi connectivity index (χ1) is 16.6. The highest BCUT2D eigenvalue weighted by Crippen LogP contribution is 2.28. The third-order valence-electron chi connectivity index (χ3n) is 6.63. The van der Waals surface area contributed by atoms with Crippen LogP contribution in [0, 0.1) is 5.92 Å². The Morgan fingerprint density at radius 3 is 2.32 bits per heavy atom. The molecule has 2 aromatic rings. The van der Waals surface area contributed by atoms with Crippen LogP contribution in [-0.2, 0) is 11.2 Å². The summed E-state index contributed by atoms with van der Waals surface area (Å²) < 4.78 is 5.71. The van der Waals surface area contributed by atoms with Gasteiger partial charge < -0.3 is 4.74 Å². The molecule has 0 spiro atoms. The maximum atomic E-state index is 12.4. The lowest BCUT2D eigenvalue weighted by molar-refractivity contribution is -0.134. The van der Waals surface area contributed by atoms with Crippen molar-refractivity contribution < 1.29 is 9.53 Å². The van der Waals surface area contributed by atoms with E-state index in [1.807, 2.05) is 36.5 Å². The Labute approximate surface area is 208 Å². The molecular weight excluding hydrogens is 420 g/mol. The summed E-state index contributed by atoms with van der Waals surface area (Å²) >= 11 is 0. The number of nitrogens with zero attached hydrogens (tertiary/aromatic N) is 2. The molecule has 188 valence electrons. The van der Waals surface area contributed by atoms with Crippen molar-refractivity contribution >= 4 is 5.97 Å². The highest BCUT2D eigenvalue weighted by molar-refractivity contribution is 5.76. The van der Waals surface area contributed by atoms with Crippen LogP contribution in [0.1, 0.15) is 116 Å². The maximum Gasteiger partial charge on any atom is 0.311 e. The average Bonchev–Trinajstić information content (AvgIpc) is 2.86. The van der Waals surface area contributed by atoms with Crippen molar-refractivity contribution in [1.82, 2.24) is 9.97 Å². The molecular formula is C30H46N2O2. The fourth-order valence-corrected chi connectivity index (χ4v) is 4.16. The predicted octanol–water partition coefficient (Wildman–Crippen LogP) is 8.73. The quantitative estimate of drug-likeness (QED) is 0.125. The Kier molecular flexibility index (Phi) is 14.2. The van der Waals surface area contributed by atoms with E-state index in [4.69, 9.17) is 9.72 Å². The normalized spacial score (nSPS) is 12.0. The topological polar surface area (TPSA) is 52.1 Å². The first-order valence-electron chi connectivity index (χ1n) is 13.8.